The first kappa shape index (κ1) is 23.7. The molecule has 0 aliphatic heterocycles. The molecule has 1 atom stereocenters. The number of ether oxygens (including phenoxy) is 3. The van der Waals surface area contributed by atoms with Gasteiger partial charge >= 0.3 is 17.9 Å². The largest absolute Gasteiger partial charge is 0.458 e. The molecule has 0 amide bonds. The van der Waals surface area contributed by atoms with Crippen molar-refractivity contribution in [2.75, 3.05) is 32.2 Å². The van der Waals surface area contributed by atoms with Crippen LogP contribution in [0, 0.1) is 0 Å². The van der Waals surface area contributed by atoms with Gasteiger partial charge in [-0.25, -0.2) is 14.4 Å². The third-order valence-corrected chi connectivity index (χ3v) is 3.72. The van der Waals surface area contributed by atoms with Crippen molar-refractivity contribution >= 4 is 29.7 Å². The molecule has 0 aromatic heterocycles. The van der Waals surface area contributed by atoms with Crippen LogP contribution < -0.4 is 4.90 Å². The van der Waals surface area contributed by atoms with Crippen LogP contribution in [0.3, 0.4) is 0 Å². The van der Waals surface area contributed by atoms with Gasteiger partial charge in [0.2, 0.25) is 0 Å². The number of anilines is 1. The smallest absolute Gasteiger partial charge is 0.334 e. The van der Waals surface area contributed by atoms with E-state index in [1.807, 2.05) is 43.3 Å². The fourth-order valence-electron chi connectivity index (χ4n) is 2.06. The van der Waals surface area contributed by atoms with E-state index in [1.54, 1.807) is 13.0 Å². The Morgan fingerprint density at radius 1 is 1.03 bits per heavy atom. The number of hydrogen-bond donors (Lipinski definition) is 0. The van der Waals surface area contributed by atoms with Gasteiger partial charge in [-0.1, -0.05) is 25.3 Å². The van der Waals surface area contributed by atoms with Crippen LogP contribution in [-0.4, -0.2) is 51.3 Å². The molecule has 0 spiro atoms. The first-order valence-electron chi connectivity index (χ1n) is 8.92. The predicted molar refractivity (Wildman–Crippen MR) is 111 cm³/mol. The first-order valence-corrected chi connectivity index (χ1v) is 8.92. The summed E-state index contributed by atoms with van der Waals surface area (Å²) < 4.78 is 15.3. The summed E-state index contributed by atoms with van der Waals surface area (Å²) in [6.45, 7) is 9.34. The fraction of sp³-hybridized carbons (Fsp3) is 0.318. The molecule has 1 aromatic rings. The fourth-order valence-corrected chi connectivity index (χ4v) is 2.06. The minimum atomic E-state index is -0.964. The highest BCUT2D eigenvalue weighted by Gasteiger charge is 2.20. The Labute approximate surface area is 171 Å². The summed E-state index contributed by atoms with van der Waals surface area (Å²) in [7, 11) is 3.88. The summed E-state index contributed by atoms with van der Waals surface area (Å²) in [5.74, 6) is -1.92. The number of benzene rings is 1. The van der Waals surface area contributed by atoms with Crippen LogP contribution in [0.4, 0.5) is 5.69 Å². The average molecular weight is 401 g/mol. The van der Waals surface area contributed by atoms with E-state index in [9.17, 15) is 14.4 Å². The van der Waals surface area contributed by atoms with Crippen molar-refractivity contribution < 1.29 is 28.6 Å². The average Bonchev–Trinajstić information content (AvgIpc) is 2.69. The predicted octanol–water partition coefficient (Wildman–Crippen LogP) is 2.92. The first-order chi connectivity index (χ1) is 13.6. The van der Waals surface area contributed by atoms with Crippen molar-refractivity contribution in [3.8, 4) is 0 Å². The van der Waals surface area contributed by atoms with Gasteiger partial charge < -0.3 is 19.1 Å². The van der Waals surface area contributed by atoms with Gasteiger partial charge in [0.15, 0.2) is 6.10 Å². The summed E-state index contributed by atoms with van der Waals surface area (Å²) in [5.41, 5.74) is 2.41. The zero-order valence-corrected chi connectivity index (χ0v) is 17.3. The van der Waals surface area contributed by atoms with E-state index >= 15 is 0 Å². The van der Waals surface area contributed by atoms with E-state index < -0.39 is 24.0 Å². The Kier molecular flexibility index (Phi) is 9.38. The monoisotopic (exact) mass is 401 g/mol. The van der Waals surface area contributed by atoms with Gasteiger partial charge in [0.05, 0.1) is 0 Å². The minimum absolute atomic E-state index is 0.204. The number of esters is 3. The summed E-state index contributed by atoms with van der Waals surface area (Å²) >= 11 is 0. The molecule has 0 saturated heterocycles. The quantitative estimate of drug-likeness (QED) is 0.339. The Morgan fingerprint density at radius 2 is 1.62 bits per heavy atom. The summed E-state index contributed by atoms with van der Waals surface area (Å²) in [5, 5.41) is 0. The Bertz CT molecular complexity index is 792. The molecule has 1 unspecified atom stereocenters. The molecule has 156 valence electrons. The molecule has 0 heterocycles. The maximum absolute atomic E-state index is 12.4. The number of rotatable bonds is 10. The topological polar surface area (TPSA) is 82.1 Å². The van der Waals surface area contributed by atoms with Crippen molar-refractivity contribution in [2.24, 2.45) is 0 Å². The lowest BCUT2D eigenvalue weighted by Crippen LogP contribution is -2.31. The number of carbonyl (C=O) groups is 3. The molecule has 0 aliphatic carbocycles. The lowest BCUT2D eigenvalue weighted by atomic mass is 10.1. The van der Waals surface area contributed by atoms with Gasteiger partial charge in [-0.3, -0.25) is 0 Å². The molecular weight excluding hydrogens is 374 g/mol. The van der Waals surface area contributed by atoms with Crippen LogP contribution in [0.25, 0.3) is 6.08 Å². The van der Waals surface area contributed by atoms with Crippen LogP contribution in [0.5, 0.6) is 0 Å². The van der Waals surface area contributed by atoms with Gasteiger partial charge in [0.25, 0.3) is 0 Å². The Hall–Kier alpha value is -3.35. The number of nitrogens with zero attached hydrogens (tertiary/aromatic N) is 1. The van der Waals surface area contributed by atoms with Gasteiger partial charge in [0.1, 0.15) is 13.2 Å². The molecule has 1 rings (SSSR count). The SMILES string of the molecule is C=CC(=O)OCC(COC(=O)C(=C)C)OC(=O)/C(C)=C/c1ccc(N(C)C)cc1. The van der Waals surface area contributed by atoms with Crippen molar-refractivity contribution in [1.82, 2.24) is 0 Å². The molecule has 1 aromatic carbocycles. The second-order valence-corrected chi connectivity index (χ2v) is 6.55. The maximum Gasteiger partial charge on any atom is 0.334 e. The van der Waals surface area contributed by atoms with Gasteiger partial charge in [0, 0.05) is 37.0 Å². The van der Waals surface area contributed by atoms with Gasteiger partial charge in [-0.2, -0.15) is 0 Å². The van der Waals surface area contributed by atoms with Crippen LogP contribution in [-0.2, 0) is 28.6 Å². The molecule has 0 saturated carbocycles. The maximum atomic E-state index is 12.4. The molecule has 0 bridgehead atoms. The molecule has 0 fully saturated rings. The molecular formula is C22H27NO6. The van der Waals surface area contributed by atoms with E-state index in [2.05, 4.69) is 13.2 Å². The molecule has 0 N–H and O–H groups in total. The lowest BCUT2D eigenvalue weighted by Gasteiger charge is -2.18. The highest BCUT2D eigenvalue weighted by molar-refractivity contribution is 5.93. The van der Waals surface area contributed by atoms with Crippen LogP contribution in [0.15, 0.2) is 54.6 Å². The van der Waals surface area contributed by atoms with Crippen LogP contribution in [0.1, 0.15) is 19.4 Å². The standard InChI is InChI=1S/C22H27NO6/c1-7-20(24)27-13-19(14-28-21(25)15(2)3)29-22(26)16(4)12-17-8-10-18(11-9-17)23(5)6/h7-12,19H,1-2,13-14H2,3-6H3/b16-12+. The van der Waals surface area contributed by atoms with Crippen molar-refractivity contribution in [2.45, 2.75) is 20.0 Å². The van der Waals surface area contributed by atoms with Crippen molar-refractivity contribution in [3.05, 3.63) is 60.2 Å². The highest BCUT2D eigenvalue weighted by Crippen LogP contribution is 2.15. The second kappa shape index (κ2) is 11.5. The van der Waals surface area contributed by atoms with E-state index in [-0.39, 0.29) is 18.8 Å². The number of hydrogen-bond acceptors (Lipinski definition) is 7. The molecule has 0 aliphatic rings. The van der Waals surface area contributed by atoms with Crippen molar-refractivity contribution in [3.63, 3.8) is 0 Å². The zero-order valence-electron chi connectivity index (χ0n) is 17.3. The zero-order chi connectivity index (χ0) is 22.0. The molecule has 0 radical (unpaired) electrons. The van der Waals surface area contributed by atoms with Gasteiger partial charge in [-0.15, -0.1) is 0 Å². The van der Waals surface area contributed by atoms with E-state index in [4.69, 9.17) is 14.2 Å². The summed E-state index contributed by atoms with van der Waals surface area (Å²) in [6, 6.07) is 7.62. The van der Waals surface area contributed by atoms with E-state index in [0.29, 0.717) is 5.57 Å². The van der Waals surface area contributed by atoms with Crippen LogP contribution in [0.2, 0.25) is 0 Å². The summed E-state index contributed by atoms with van der Waals surface area (Å²) in [6.07, 6.45) is 1.70. The van der Waals surface area contributed by atoms with Crippen molar-refractivity contribution in [1.29, 1.82) is 0 Å². The molecule has 7 heteroatoms. The van der Waals surface area contributed by atoms with Crippen LogP contribution >= 0.6 is 0 Å². The summed E-state index contributed by atoms with van der Waals surface area (Å²) in [4.78, 5) is 37.2. The van der Waals surface area contributed by atoms with E-state index in [1.165, 1.54) is 6.92 Å². The minimum Gasteiger partial charge on any atom is -0.458 e. The lowest BCUT2D eigenvalue weighted by molar-refractivity contribution is -0.161. The second-order valence-electron chi connectivity index (χ2n) is 6.55. The Balaban J connectivity index is 2.81. The normalized spacial score (nSPS) is 11.8. The number of carbonyl (C=O) groups excluding carboxylic acids is 3. The highest BCUT2D eigenvalue weighted by atomic mass is 16.6. The third kappa shape index (κ3) is 8.47. The molecule has 29 heavy (non-hydrogen) atoms. The third-order valence-electron chi connectivity index (χ3n) is 3.72. The Morgan fingerprint density at radius 3 is 2.14 bits per heavy atom. The van der Waals surface area contributed by atoms with E-state index in [0.717, 1.165) is 17.3 Å². The molecule has 7 nitrogen and oxygen atoms in total. The van der Waals surface area contributed by atoms with Gasteiger partial charge in [-0.05, 0) is 37.6 Å².